The molecule has 3 rings (SSSR count). The molecule has 0 unspecified atom stereocenters. The maximum Gasteiger partial charge on any atom is 0.0408 e. The van der Waals surface area contributed by atoms with Crippen molar-refractivity contribution < 1.29 is 0 Å². The molecule has 74 valence electrons. The van der Waals surface area contributed by atoms with Gasteiger partial charge in [-0.1, -0.05) is 18.2 Å². The van der Waals surface area contributed by atoms with Gasteiger partial charge in [0.15, 0.2) is 0 Å². The standard InChI is InChI=1S/C12H16N2/c1-8-3-2-4-9-10-7-13-6-5-11(10)14-12(8)9/h2-4,10-11,13-14H,5-7H2,1H3/t10-,11-/m1/s1. The summed E-state index contributed by atoms with van der Waals surface area (Å²) in [5.41, 5.74) is 4.30. The normalized spacial score (nSPS) is 29.2. The summed E-state index contributed by atoms with van der Waals surface area (Å²) < 4.78 is 0. The average molecular weight is 188 g/mol. The molecule has 0 amide bonds. The zero-order chi connectivity index (χ0) is 9.54. The molecule has 2 atom stereocenters. The topological polar surface area (TPSA) is 24.1 Å². The van der Waals surface area contributed by atoms with Gasteiger partial charge >= 0.3 is 0 Å². The van der Waals surface area contributed by atoms with Crippen LogP contribution < -0.4 is 10.6 Å². The van der Waals surface area contributed by atoms with Crippen LogP contribution in [0.5, 0.6) is 0 Å². The Morgan fingerprint density at radius 2 is 2.29 bits per heavy atom. The van der Waals surface area contributed by atoms with E-state index in [1.807, 2.05) is 0 Å². The minimum absolute atomic E-state index is 0.673. The second-order valence-corrected chi connectivity index (χ2v) is 4.39. The van der Waals surface area contributed by atoms with Gasteiger partial charge in [0.1, 0.15) is 0 Å². The first-order valence-electron chi connectivity index (χ1n) is 5.43. The SMILES string of the molecule is Cc1cccc2c1N[C@@H]1CCNC[C@H]21. The molecule has 0 radical (unpaired) electrons. The van der Waals surface area contributed by atoms with Gasteiger partial charge in [0.05, 0.1) is 0 Å². The summed E-state index contributed by atoms with van der Waals surface area (Å²) in [6.07, 6.45) is 1.25. The molecule has 0 bridgehead atoms. The summed E-state index contributed by atoms with van der Waals surface area (Å²) in [6.45, 7) is 4.48. The summed E-state index contributed by atoms with van der Waals surface area (Å²) >= 11 is 0. The second kappa shape index (κ2) is 2.99. The molecule has 2 nitrogen and oxygen atoms in total. The predicted octanol–water partition coefficient (Wildman–Crippen LogP) is 1.87. The lowest BCUT2D eigenvalue weighted by Crippen LogP contribution is -2.38. The molecule has 2 aliphatic heterocycles. The van der Waals surface area contributed by atoms with E-state index in [0.717, 1.165) is 13.1 Å². The van der Waals surface area contributed by atoms with Crippen LogP contribution in [0.3, 0.4) is 0 Å². The molecule has 1 saturated heterocycles. The number of hydrogen-bond acceptors (Lipinski definition) is 2. The van der Waals surface area contributed by atoms with Crippen molar-refractivity contribution >= 4 is 5.69 Å². The third-order valence-electron chi connectivity index (χ3n) is 3.52. The van der Waals surface area contributed by atoms with E-state index >= 15 is 0 Å². The van der Waals surface area contributed by atoms with Gasteiger partial charge < -0.3 is 10.6 Å². The van der Waals surface area contributed by atoms with Crippen molar-refractivity contribution in [2.24, 2.45) is 0 Å². The summed E-state index contributed by atoms with van der Waals surface area (Å²) in [5.74, 6) is 0.693. The molecule has 2 heteroatoms. The number of rotatable bonds is 0. The van der Waals surface area contributed by atoms with Crippen LogP contribution in [0, 0.1) is 6.92 Å². The summed E-state index contributed by atoms with van der Waals surface area (Å²) in [5, 5.41) is 7.14. The van der Waals surface area contributed by atoms with Crippen LogP contribution in [-0.4, -0.2) is 19.1 Å². The fourth-order valence-electron chi connectivity index (χ4n) is 2.74. The van der Waals surface area contributed by atoms with Crippen molar-refractivity contribution in [3.8, 4) is 0 Å². The average Bonchev–Trinajstić information content (AvgIpc) is 2.59. The lowest BCUT2D eigenvalue weighted by molar-refractivity contribution is 0.440. The predicted molar refractivity (Wildman–Crippen MR) is 58.8 cm³/mol. The number of hydrogen-bond donors (Lipinski definition) is 2. The van der Waals surface area contributed by atoms with Crippen molar-refractivity contribution in [2.45, 2.75) is 25.3 Å². The van der Waals surface area contributed by atoms with Gasteiger partial charge in [0.25, 0.3) is 0 Å². The molecule has 2 heterocycles. The summed E-state index contributed by atoms with van der Waals surface area (Å²) in [7, 11) is 0. The van der Waals surface area contributed by atoms with E-state index in [9.17, 15) is 0 Å². The van der Waals surface area contributed by atoms with E-state index in [1.54, 1.807) is 0 Å². The van der Waals surface area contributed by atoms with E-state index in [-0.39, 0.29) is 0 Å². The molecule has 0 spiro atoms. The number of aryl methyl sites for hydroxylation is 1. The monoisotopic (exact) mass is 188 g/mol. The van der Waals surface area contributed by atoms with Crippen LogP contribution in [0.25, 0.3) is 0 Å². The third-order valence-corrected chi connectivity index (χ3v) is 3.52. The Kier molecular flexibility index (Phi) is 1.77. The van der Waals surface area contributed by atoms with E-state index in [1.165, 1.54) is 23.2 Å². The molecule has 14 heavy (non-hydrogen) atoms. The van der Waals surface area contributed by atoms with Gasteiger partial charge in [-0.2, -0.15) is 0 Å². The van der Waals surface area contributed by atoms with Crippen LogP contribution in [0.15, 0.2) is 18.2 Å². The highest BCUT2D eigenvalue weighted by Crippen LogP contribution is 2.39. The zero-order valence-corrected chi connectivity index (χ0v) is 8.51. The molecule has 2 aliphatic rings. The van der Waals surface area contributed by atoms with Gasteiger partial charge in [-0.25, -0.2) is 0 Å². The number of nitrogens with one attached hydrogen (secondary N) is 2. The van der Waals surface area contributed by atoms with Gasteiger partial charge in [-0.15, -0.1) is 0 Å². The Balaban J connectivity index is 2.05. The second-order valence-electron chi connectivity index (χ2n) is 4.39. The minimum atomic E-state index is 0.673. The van der Waals surface area contributed by atoms with Crippen LogP contribution in [-0.2, 0) is 0 Å². The first-order valence-corrected chi connectivity index (χ1v) is 5.43. The first kappa shape index (κ1) is 8.30. The largest absolute Gasteiger partial charge is 0.381 e. The Hall–Kier alpha value is -1.02. The molecule has 0 aliphatic carbocycles. The van der Waals surface area contributed by atoms with Crippen LogP contribution in [0.4, 0.5) is 5.69 Å². The Morgan fingerprint density at radius 1 is 1.36 bits per heavy atom. The number of anilines is 1. The molecular weight excluding hydrogens is 172 g/mol. The van der Waals surface area contributed by atoms with E-state index in [0.29, 0.717) is 12.0 Å². The summed E-state index contributed by atoms with van der Waals surface area (Å²) in [4.78, 5) is 0. The van der Waals surface area contributed by atoms with Crippen LogP contribution >= 0.6 is 0 Å². The molecule has 0 saturated carbocycles. The lowest BCUT2D eigenvalue weighted by atomic mass is 9.90. The fraction of sp³-hybridized carbons (Fsp3) is 0.500. The van der Waals surface area contributed by atoms with Crippen molar-refractivity contribution in [3.63, 3.8) is 0 Å². The molecule has 2 N–H and O–H groups in total. The number of fused-ring (bicyclic) bond motifs is 3. The fourth-order valence-corrected chi connectivity index (χ4v) is 2.74. The minimum Gasteiger partial charge on any atom is -0.381 e. The smallest absolute Gasteiger partial charge is 0.0408 e. The number of piperidine rings is 1. The Labute approximate surface area is 84.7 Å². The van der Waals surface area contributed by atoms with Crippen molar-refractivity contribution in [2.75, 3.05) is 18.4 Å². The van der Waals surface area contributed by atoms with Gasteiger partial charge in [-0.05, 0) is 31.0 Å². The van der Waals surface area contributed by atoms with Crippen LogP contribution in [0.1, 0.15) is 23.5 Å². The molecular formula is C12H16N2. The number of para-hydroxylation sites is 1. The van der Waals surface area contributed by atoms with Crippen molar-refractivity contribution in [3.05, 3.63) is 29.3 Å². The Morgan fingerprint density at radius 3 is 3.21 bits per heavy atom. The molecule has 1 fully saturated rings. The maximum atomic E-state index is 3.66. The Bertz CT molecular complexity index is 359. The maximum absolute atomic E-state index is 3.66. The highest BCUT2D eigenvalue weighted by molar-refractivity contribution is 5.64. The highest BCUT2D eigenvalue weighted by Gasteiger charge is 2.34. The number of benzene rings is 1. The molecule has 1 aromatic carbocycles. The zero-order valence-electron chi connectivity index (χ0n) is 8.51. The van der Waals surface area contributed by atoms with Crippen molar-refractivity contribution in [1.82, 2.24) is 5.32 Å². The first-order chi connectivity index (χ1) is 6.86. The third kappa shape index (κ3) is 1.07. The van der Waals surface area contributed by atoms with Gasteiger partial charge in [0.2, 0.25) is 0 Å². The van der Waals surface area contributed by atoms with Crippen molar-refractivity contribution in [1.29, 1.82) is 0 Å². The lowest BCUT2D eigenvalue weighted by Gasteiger charge is -2.26. The van der Waals surface area contributed by atoms with E-state index < -0.39 is 0 Å². The van der Waals surface area contributed by atoms with Gasteiger partial charge in [0, 0.05) is 24.2 Å². The van der Waals surface area contributed by atoms with Crippen LogP contribution in [0.2, 0.25) is 0 Å². The summed E-state index contributed by atoms with van der Waals surface area (Å²) in [6, 6.07) is 7.31. The van der Waals surface area contributed by atoms with Gasteiger partial charge in [-0.3, -0.25) is 0 Å². The molecule has 0 aromatic heterocycles. The highest BCUT2D eigenvalue weighted by atomic mass is 15.0. The quantitative estimate of drug-likeness (QED) is 0.649. The van der Waals surface area contributed by atoms with E-state index in [4.69, 9.17) is 0 Å². The van der Waals surface area contributed by atoms with E-state index in [2.05, 4.69) is 35.8 Å². The molecule has 1 aromatic rings.